The van der Waals surface area contributed by atoms with Gasteiger partial charge < -0.3 is 19.7 Å². The molecule has 0 radical (unpaired) electrons. The highest BCUT2D eigenvalue weighted by Gasteiger charge is 2.23. The number of amides is 1. The molecule has 2 atom stereocenters. The molecule has 0 aromatic heterocycles. The second-order valence-electron chi connectivity index (χ2n) is 6.68. The Morgan fingerprint density at radius 2 is 2.00 bits per heavy atom. The van der Waals surface area contributed by atoms with Crippen LogP contribution in [0.15, 0.2) is 18.2 Å². The number of methoxy groups -OCH3 is 1. The van der Waals surface area contributed by atoms with Crippen molar-refractivity contribution in [1.82, 2.24) is 10.2 Å². The van der Waals surface area contributed by atoms with E-state index in [1.807, 2.05) is 0 Å². The van der Waals surface area contributed by atoms with Crippen LogP contribution in [0.2, 0.25) is 0 Å². The fourth-order valence-electron chi connectivity index (χ4n) is 3.46. The molecule has 1 amide bonds. The summed E-state index contributed by atoms with van der Waals surface area (Å²) in [4.78, 5) is 14.7. The molecule has 0 bridgehead atoms. The summed E-state index contributed by atoms with van der Waals surface area (Å²) in [5.41, 5.74) is 0.0417. The predicted molar refractivity (Wildman–Crippen MR) is 91.3 cm³/mol. The number of ether oxygens (including phenoxy) is 2. The predicted octanol–water partition coefficient (Wildman–Crippen LogP) is 3.00. The molecule has 1 aromatic carbocycles. The van der Waals surface area contributed by atoms with Crippen molar-refractivity contribution in [3.8, 4) is 11.5 Å². The topological polar surface area (TPSA) is 50.8 Å². The lowest BCUT2D eigenvalue weighted by molar-refractivity contribution is -0.0515. The summed E-state index contributed by atoms with van der Waals surface area (Å²) in [5, 5.41) is 2.78. The van der Waals surface area contributed by atoms with Crippen LogP contribution < -0.4 is 14.8 Å². The van der Waals surface area contributed by atoms with Gasteiger partial charge in [0.15, 0.2) is 11.5 Å². The molecule has 1 aliphatic rings. The zero-order chi connectivity index (χ0) is 18.4. The van der Waals surface area contributed by atoms with Gasteiger partial charge >= 0.3 is 6.61 Å². The van der Waals surface area contributed by atoms with Gasteiger partial charge in [-0.25, -0.2) is 0 Å². The van der Waals surface area contributed by atoms with Crippen molar-refractivity contribution in [1.29, 1.82) is 0 Å². The average Bonchev–Trinajstić information content (AvgIpc) is 2.53. The highest BCUT2D eigenvalue weighted by atomic mass is 19.3. The molecule has 1 N–H and O–H groups in total. The van der Waals surface area contributed by atoms with Crippen LogP contribution in [0.5, 0.6) is 11.5 Å². The van der Waals surface area contributed by atoms with Crippen LogP contribution in [0.3, 0.4) is 0 Å². The van der Waals surface area contributed by atoms with Crippen molar-refractivity contribution in [3.63, 3.8) is 0 Å². The van der Waals surface area contributed by atoms with Gasteiger partial charge in [0.2, 0.25) is 0 Å². The quantitative estimate of drug-likeness (QED) is 0.816. The standard InChI is InChI=1S/C18H26F2N2O3/c1-12-9-13(2)11-22(10-12)8-7-21-17(23)14-5-4-6-15(24-3)16(14)25-18(19)20/h4-6,12-13,18H,7-11H2,1-3H3,(H,21,23). The maximum absolute atomic E-state index is 12.6. The number of nitrogens with zero attached hydrogens (tertiary/aromatic N) is 1. The number of para-hydroxylation sites is 1. The number of carbonyl (C=O) groups is 1. The van der Waals surface area contributed by atoms with Crippen LogP contribution in [0.25, 0.3) is 0 Å². The van der Waals surface area contributed by atoms with Crippen LogP contribution in [-0.2, 0) is 0 Å². The molecule has 25 heavy (non-hydrogen) atoms. The number of carbonyl (C=O) groups excluding carboxylic acids is 1. The molecule has 1 aromatic rings. The maximum atomic E-state index is 12.6. The lowest BCUT2D eigenvalue weighted by atomic mass is 9.92. The number of piperidine rings is 1. The Morgan fingerprint density at radius 3 is 2.60 bits per heavy atom. The van der Waals surface area contributed by atoms with Crippen molar-refractivity contribution < 1.29 is 23.0 Å². The van der Waals surface area contributed by atoms with E-state index in [0.29, 0.717) is 18.4 Å². The highest BCUT2D eigenvalue weighted by Crippen LogP contribution is 2.32. The number of hydrogen-bond donors (Lipinski definition) is 1. The molecule has 0 spiro atoms. The van der Waals surface area contributed by atoms with E-state index in [-0.39, 0.29) is 17.1 Å². The van der Waals surface area contributed by atoms with E-state index in [1.165, 1.54) is 25.7 Å². The molecule has 1 heterocycles. The molecule has 2 rings (SSSR count). The number of hydrogen-bond acceptors (Lipinski definition) is 4. The summed E-state index contributed by atoms with van der Waals surface area (Å²) in [6.45, 7) is 4.63. The van der Waals surface area contributed by atoms with E-state index in [9.17, 15) is 13.6 Å². The Balaban J connectivity index is 1.96. The van der Waals surface area contributed by atoms with E-state index < -0.39 is 12.5 Å². The molecule has 0 aliphatic carbocycles. The Kier molecular flexibility index (Phi) is 6.99. The van der Waals surface area contributed by atoms with Crippen LogP contribution in [0.4, 0.5) is 8.78 Å². The summed E-state index contributed by atoms with van der Waals surface area (Å²) < 4.78 is 34.8. The monoisotopic (exact) mass is 356 g/mol. The lowest BCUT2D eigenvalue weighted by Crippen LogP contribution is -2.42. The normalized spacial score (nSPS) is 21.2. The van der Waals surface area contributed by atoms with Crippen molar-refractivity contribution in [2.24, 2.45) is 11.8 Å². The fourth-order valence-corrected chi connectivity index (χ4v) is 3.46. The summed E-state index contributed by atoms with van der Waals surface area (Å²) in [6, 6.07) is 4.49. The maximum Gasteiger partial charge on any atom is 0.387 e. The van der Waals surface area contributed by atoms with Gasteiger partial charge in [-0.3, -0.25) is 4.79 Å². The van der Waals surface area contributed by atoms with Crippen LogP contribution in [0, 0.1) is 11.8 Å². The molecule has 1 fully saturated rings. The molecule has 140 valence electrons. The van der Waals surface area contributed by atoms with Crippen molar-refractivity contribution >= 4 is 5.91 Å². The van der Waals surface area contributed by atoms with E-state index in [2.05, 4.69) is 28.8 Å². The summed E-state index contributed by atoms with van der Waals surface area (Å²) in [6.07, 6.45) is 1.22. The van der Waals surface area contributed by atoms with E-state index in [1.54, 1.807) is 6.07 Å². The van der Waals surface area contributed by atoms with Crippen molar-refractivity contribution in [2.75, 3.05) is 33.3 Å². The third-order valence-electron chi connectivity index (χ3n) is 4.31. The van der Waals surface area contributed by atoms with E-state index in [0.717, 1.165) is 19.6 Å². The SMILES string of the molecule is COc1cccc(C(=O)NCCN2CC(C)CC(C)C2)c1OC(F)F. The van der Waals surface area contributed by atoms with Gasteiger partial charge in [0.05, 0.1) is 12.7 Å². The van der Waals surface area contributed by atoms with E-state index >= 15 is 0 Å². The minimum absolute atomic E-state index is 0.0417. The van der Waals surface area contributed by atoms with Gasteiger partial charge in [0.1, 0.15) is 0 Å². The van der Waals surface area contributed by atoms with Crippen molar-refractivity contribution in [2.45, 2.75) is 26.9 Å². The Morgan fingerprint density at radius 1 is 1.32 bits per heavy atom. The van der Waals surface area contributed by atoms with E-state index in [4.69, 9.17) is 4.74 Å². The van der Waals surface area contributed by atoms with Gasteiger partial charge in [0, 0.05) is 26.2 Å². The number of nitrogens with one attached hydrogen (secondary N) is 1. The number of alkyl halides is 2. The third-order valence-corrected chi connectivity index (χ3v) is 4.31. The lowest BCUT2D eigenvalue weighted by Gasteiger charge is -2.34. The molecule has 0 saturated carbocycles. The first-order chi connectivity index (χ1) is 11.9. The van der Waals surface area contributed by atoms with Crippen LogP contribution in [-0.4, -0.2) is 50.7 Å². The first-order valence-corrected chi connectivity index (χ1v) is 8.53. The summed E-state index contributed by atoms with van der Waals surface area (Å²) in [7, 11) is 1.34. The van der Waals surface area contributed by atoms with Gasteiger partial charge in [-0.15, -0.1) is 0 Å². The first-order valence-electron chi connectivity index (χ1n) is 8.53. The Labute approximate surface area is 147 Å². The summed E-state index contributed by atoms with van der Waals surface area (Å²) in [5.74, 6) is 0.699. The first kappa shape index (κ1) is 19.4. The molecule has 2 unspecified atom stereocenters. The summed E-state index contributed by atoms with van der Waals surface area (Å²) >= 11 is 0. The molecular weight excluding hydrogens is 330 g/mol. The zero-order valence-electron chi connectivity index (χ0n) is 14.9. The number of likely N-dealkylation sites (tertiary alicyclic amines) is 1. The highest BCUT2D eigenvalue weighted by molar-refractivity contribution is 5.97. The minimum Gasteiger partial charge on any atom is -0.493 e. The number of halogens is 2. The largest absolute Gasteiger partial charge is 0.493 e. The molecule has 1 aliphatic heterocycles. The van der Waals surface area contributed by atoms with Crippen LogP contribution in [0.1, 0.15) is 30.6 Å². The second-order valence-corrected chi connectivity index (χ2v) is 6.68. The Hall–Kier alpha value is -1.89. The van der Waals surface area contributed by atoms with Gasteiger partial charge in [-0.05, 0) is 30.4 Å². The Bertz CT molecular complexity index is 573. The molecule has 1 saturated heterocycles. The van der Waals surface area contributed by atoms with Crippen molar-refractivity contribution in [3.05, 3.63) is 23.8 Å². The van der Waals surface area contributed by atoms with Gasteiger partial charge in [-0.2, -0.15) is 8.78 Å². The second kappa shape index (κ2) is 8.99. The molecular formula is C18H26F2N2O3. The molecule has 7 heteroatoms. The van der Waals surface area contributed by atoms with Gasteiger partial charge in [-0.1, -0.05) is 19.9 Å². The molecule has 5 nitrogen and oxygen atoms in total. The zero-order valence-corrected chi connectivity index (χ0v) is 14.9. The minimum atomic E-state index is -3.03. The van der Waals surface area contributed by atoms with Crippen LogP contribution >= 0.6 is 0 Å². The smallest absolute Gasteiger partial charge is 0.387 e. The third kappa shape index (κ3) is 5.56. The number of benzene rings is 1. The fraction of sp³-hybridized carbons (Fsp3) is 0.611. The average molecular weight is 356 g/mol. The number of rotatable bonds is 7. The van der Waals surface area contributed by atoms with Gasteiger partial charge in [0.25, 0.3) is 5.91 Å².